The summed E-state index contributed by atoms with van der Waals surface area (Å²) in [5.74, 6) is 0.0473. The maximum atomic E-state index is 6.74. The van der Waals surface area contributed by atoms with Gasteiger partial charge in [0.25, 0.3) is 0 Å². The summed E-state index contributed by atoms with van der Waals surface area (Å²) in [4.78, 5) is 0. The predicted octanol–water partition coefficient (Wildman–Crippen LogP) is 0.00717. The molecule has 0 saturated heterocycles. The fraction of sp³-hybridized carbons (Fsp3) is 0.800. The fourth-order valence-electron chi connectivity index (χ4n) is 0.324. The second-order valence-electron chi connectivity index (χ2n) is 1.57. The second kappa shape index (κ2) is 8.68. The van der Waals surface area contributed by atoms with E-state index in [1.54, 1.807) is 7.11 Å². The lowest BCUT2D eigenvalue weighted by atomic mass is 10.6. The van der Waals surface area contributed by atoms with Crippen LogP contribution in [0.15, 0.2) is 0 Å². The molecule has 0 aromatic heterocycles. The predicted molar refractivity (Wildman–Crippen MR) is 41.9 cm³/mol. The molecule has 0 aliphatic heterocycles. The van der Waals surface area contributed by atoms with E-state index in [2.05, 4.69) is 4.74 Å². The number of methoxy groups -OCH3 is 1. The second-order valence-corrected chi connectivity index (χ2v) is 1.57. The summed E-state index contributed by atoms with van der Waals surface area (Å²) in [7, 11) is 1.59. The van der Waals surface area contributed by atoms with Gasteiger partial charge in [0, 0.05) is 7.11 Å². The molecule has 0 amide bonds. The van der Waals surface area contributed by atoms with Crippen LogP contribution in [0.1, 0.15) is 0 Å². The third-order valence-electron chi connectivity index (χ3n) is 0.689. The van der Waals surface area contributed by atoms with Gasteiger partial charge in [0.1, 0.15) is 12.4 Å². The van der Waals surface area contributed by atoms with E-state index in [-0.39, 0.29) is 24.8 Å². The maximum Gasteiger partial charge on any atom is 0.117 e. The first-order chi connectivity index (χ1) is 4.27. The van der Waals surface area contributed by atoms with E-state index in [9.17, 15) is 0 Å². The van der Waals surface area contributed by atoms with Gasteiger partial charge in [0.05, 0.1) is 13.2 Å². The lowest BCUT2D eigenvalue weighted by Crippen LogP contribution is -2.18. The van der Waals surface area contributed by atoms with Gasteiger partial charge >= 0.3 is 0 Å². The minimum Gasteiger partial charge on any atom is -0.386 e. The molecule has 3 N–H and O–H groups in total. The van der Waals surface area contributed by atoms with E-state index < -0.39 is 0 Å². The molecule has 0 unspecified atom stereocenters. The van der Waals surface area contributed by atoms with Gasteiger partial charge in [-0.1, -0.05) is 0 Å². The molecule has 0 fully saturated rings. The number of rotatable bonds is 5. The van der Waals surface area contributed by atoms with Crippen LogP contribution in [-0.4, -0.2) is 32.8 Å². The molecule has 0 aromatic rings. The van der Waals surface area contributed by atoms with Crippen LogP contribution in [0.2, 0.25) is 0 Å². The third kappa shape index (κ3) is 10.6. The highest BCUT2D eigenvalue weighted by molar-refractivity contribution is 5.85. The van der Waals surface area contributed by atoms with Crippen LogP contribution in [0.25, 0.3) is 0 Å². The fourth-order valence-corrected chi connectivity index (χ4v) is 0.324. The van der Waals surface area contributed by atoms with Crippen LogP contribution in [0.4, 0.5) is 0 Å². The van der Waals surface area contributed by atoms with Gasteiger partial charge in [-0.15, -0.1) is 12.4 Å². The van der Waals surface area contributed by atoms with Crippen molar-refractivity contribution < 1.29 is 9.47 Å². The summed E-state index contributed by atoms with van der Waals surface area (Å²) in [6, 6.07) is 0. The van der Waals surface area contributed by atoms with Crippen LogP contribution in [0.3, 0.4) is 0 Å². The summed E-state index contributed by atoms with van der Waals surface area (Å²) in [6.07, 6.45) is 0. The Hall–Kier alpha value is -0.320. The van der Waals surface area contributed by atoms with E-state index in [0.29, 0.717) is 13.2 Å². The van der Waals surface area contributed by atoms with Crippen molar-refractivity contribution in [2.24, 2.45) is 5.73 Å². The van der Waals surface area contributed by atoms with Crippen molar-refractivity contribution in [3.8, 4) is 0 Å². The van der Waals surface area contributed by atoms with Crippen molar-refractivity contribution in [3.63, 3.8) is 0 Å². The summed E-state index contributed by atoms with van der Waals surface area (Å²) < 4.78 is 9.55. The Labute approximate surface area is 66.6 Å². The molecule has 4 nitrogen and oxygen atoms in total. The Bertz CT molecular complexity index is 89.7. The molecule has 0 aromatic carbocycles. The Morgan fingerprint density at radius 3 is 2.50 bits per heavy atom. The van der Waals surface area contributed by atoms with Crippen molar-refractivity contribution >= 4 is 18.2 Å². The first-order valence-electron chi connectivity index (χ1n) is 2.67. The van der Waals surface area contributed by atoms with E-state index in [0.717, 1.165) is 0 Å². The van der Waals surface area contributed by atoms with Crippen LogP contribution in [-0.2, 0) is 9.47 Å². The molecule has 0 atom stereocenters. The first-order valence-corrected chi connectivity index (χ1v) is 2.67. The molecule has 0 rings (SSSR count). The normalized spacial score (nSPS) is 8.50. The van der Waals surface area contributed by atoms with Crippen molar-refractivity contribution in [2.45, 2.75) is 0 Å². The minimum absolute atomic E-state index is 0. The van der Waals surface area contributed by atoms with E-state index in [1.807, 2.05) is 0 Å². The zero-order valence-corrected chi connectivity index (χ0v) is 6.74. The highest BCUT2D eigenvalue weighted by Gasteiger charge is 1.87. The summed E-state index contributed by atoms with van der Waals surface area (Å²) >= 11 is 0. The molecule has 10 heavy (non-hydrogen) atoms. The average molecular weight is 169 g/mol. The number of amidine groups is 1. The number of hydrogen-bond donors (Lipinski definition) is 2. The van der Waals surface area contributed by atoms with Gasteiger partial charge in [-0.3, -0.25) is 5.41 Å². The smallest absolute Gasteiger partial charge is 0.117 e. The molecule has 0 radical (unpaired) electrons. The molecule has 0 aliphatic carbocycles. The third-order valence-corrected chi connectivity index (χ3v) is 0.689. The first kappa shape index (κ1) is 12.4. The number of nitrogens with two attached hydrogens (primary N) is 1. The zero-order chi connectivity index (χ0) is 7.11. The highest BCUT2D eigenvalue weighted by Crippen LogP contribution is 1.73. The van der Waals surface area contributed by atoms with Gasteiger partial charge in [0.15, 0.2) is 0 Å². The quantitative estimate of drug-likeness (QED) is 0.345. The Balaban J connectivity index is 0. The Morgan fingerprint density at radius 1 is 1.50 bits per heavy atom. The topological polar surface area (TPSA) is 68.3 Å². The molecule has 0 spiro atoms. The number of nitrogens with one attached hydrogen (secondary N) is 1. The molecular weight excluding hydrogens is 156 g/mol. The summed E-state index contributed by atoms with van der Waals surface area (Å²) in [5.41, 5.74) is 4.99. The summed E-state index contributed by atoms with van der Waals surface area (Å²) in [5, 5.41) is 6.74. The zero-order valence-electron chi connectivity index (χ0n) is 5.92. The lowest BCUT2D eigenvalue weighted by molar-refractivity contribution is 0.0896. The number of ether oxygens (including phenoxy) is 2. The van der Waals surface area contributed by atoms with E-state index >= 15 is 0 Å². The molecule has 0 bridgehead atoms. The minimum atomic E-state index is 0. The van der Waals surface area contributed by atoms with Crippen LogP contribution < -0.4 is 5.73 Å². The van der Waals surface area contributed by atoms with Crippen LogP contribution in [0, 0.1) is 5.41 Å². The molecule has 0 heterocycles. The van der Waals surface area contributed by atoms with Crippen LogP contribution >= 0.6 is 12.4 Å². The molecular formula is C5H13ClN2O2. The molecule has 5 heteroatoms. The van der Waals surface area contributed by atoms with Gasteiger partial charge < -0.3 is 15.2 Å². The molecule has 0 aliphatic rings. The summed E-state index contributed by atoms with van der Waals surface area (Å²) in [6.45, 7) is 1.24. The lowest BCUT2D eigenvalue weighted by Gasteiger charge is -1.99. The number of hydrogen-bond acceptors (Lipinski definition) is 3. The van der Waals surface area contributed by atoms with E-state index in [4.69, 9.17) is 15.9 Å². The number of halogens is 1. The van der Waals surface area contributed by atoms with Crippen molar-refractivity contribution in [1.29, 1.82) is 5.41 Å². The average Bonchev–Trinajstić information content (AvgIpc) is 1.80. The van der Waals surface area contributed by atoms with E-state index in [1.165, 1.54) is 0 Å². The highest BCUT2D eigenvalue weighted by atomic mass is 35.5. The monoisotopic (exact) mass is 168 g/mol. The van der Waals surface area contributed by atoms with Crippen LogP contribution in [0.5, 0.6) is 0 Å². The molecule has 62 valence electrons. The standard InChI is InChI=1S/C5H12N2O2.ClH/c1-8-2-3-9-4-5(6)7;/h2-4H2,1H3,(H3,6,7);1H. The largest absolute Gasteiger partial charge is 0.386 e. The van der Waals surface area contributed by atoms with Crippen molar-refractivity contribution in [2.75, 3.05) is 26.9 Å². The maximum absolute atomic E-state index is 6.74. The van der Waals surface area contributed by atoms with Gasteiger partial charge in [-0.2, -0.15) is 0 Å². The SMILES string of the molecule is COCCOCC(=N)N.Cl. The Kier molecular flexibility index (Phi) is 10.7. The molecule has 0 saturated carbocycles. The van der Waals surface area contributed by atoms with Gasteiger partial charge in [-0.25, -0.2) is 0 Å². The van der Waals surface area contributed by atoms with Crippen molar-refractivity contribution in [1.82, 2.24) is 0 Å². The van der Waals surface area contributed by atoms with Gasteiger partial charge in [-0.05, 0) is 0 Å². The van der Waals surface area contributed by atoms with Gasteiger partial charge in [0.2, 0.25) is 0 Å². The van der Waals surface area contributed by atoms with Crippen molar-refractivity contribution in [3.05, 3.63) is 0 Å². The Morgan fingerprint density at radius 2 is 2.10 bits per heavy atom.